The third kappa shape index (κ3) is 5.64. The molecule has 2 heterocycles. The molecule has 0 bridgehead atoms. The summed E-state index contributed by atoms with van der Waals surface area (Å²) in [5.74, 6) is -0.535. The second-order valence-corrected chi connectivity index (χ2v) is 9.32. The number of carbonyl (C=O) groups is 1. The van der Waals surface area contributed by atoms with Gasteiger partial charge in [0.25, 0.3) is 0 Å². The highest BCUT2D eigenvalue weighted by Gasteiger charge is 2.33. The SMILES string of the molecule is COc1cc(CNC(=O)C2CCN(S(=O)(=O)c3cccnc3Cl)CC2)ccc1OC(F)F. The van der Waals surface area contributed by atoms with Crippen molar-refractivity contribution in [3.05, 3.63) is 47.2 Å². The molecule has 3 rings (SSSR count). The summed E-state index contributed by atoms with van der Waals surface area (Å²) in [7, 11) is -2.46. The largest absolute Gasteiger partial charge is 0.493 e. The number of rotatable bonds is 8. The van der Waals surface area contributed by atoms with Gasteiger partial charge in [-0.25, -0.2) is 13.4 Å². The number of piperidine rings is 1. The number of halogens is 3. The van der Waals surface area contributed by atoms with E-state index in [1.165, 1.54) is 41.9 Å². The van der Waals surface area contributed by atoms with E-state index in [4.69, 9.17) is 16.3 Å². The Morgan fingerprint density at radius 2 is 2.00 bits per heavy atom. The predicted molar refractivity (Wildman–Crippen MR) is 112 cm³/mol. The van der Waals surface area contributed by atoms with Crippen molar-refractivity contribution in [2.45, 2.75) is 30.9 Å². The molecule has 174 valence electrons. The van der Waals surface area contributed by atoms with Crippen LogP contribution in [0.2, 0.25) is 5.15 Å². The van der Waals surface area contributed by atoms with Crippen LogP contribution in [0.5, 0.6) is 11.5 Å². The van der Waals surface area contributed by atoms with Crippen molar-refractivity contribution in [2.75, 3.05) is 20.2 Å². The Balaban J connectivity index is 1.55. The number of amides is 1. The predicted octanol–water partition coefficient (Wildman–Crippen LogP) is 3.06. The number of carbonyl (C=O) groups excluding carboxylic acids is 1. The van der Waals surface area contributed by atoms with Gasteiger partial charge in [-0.3, -0.25) is 4.79 Å². The van der Waals surface area contributed by atoms with E-state index in [0.29, 0.717) is 18.4 Å². The number of ether oxygens (including phenoxy) is 2. The van der Waals surface area contributed by atoms with Crippen LogP contribution >= 0.6 is 11.6 Å². The molecule has 1 amide bonds. The van der Waals surface area contributed by atoms with E-state index in [1.54, 1.807) is 6.07 Å². The molecule has 2 aromatic rings. The third-order valence-corrected chi connectivity index (χ3v) is 7.42. The van der Waals surface area contributed by atoms with E-state index in [1.807, 2.05) is 0 Å². The Morgan fingerprint density at radius 3 is 2.62 bits per heavy atom. The monoisotopic (exact) mass is 489 g/mol. The number of benzene rings is 1. The summed E-state index contributed by atoms with van der Waals surface area (Å²) in [6, 6.07) is 7.30. The maximum Gasteiger partial charge on any atom is 0.387 e. The molecule has 1 aromatic heterocycles. The van der Waals surface area contributed by atoms with Gasteiger partial charge in [-0.15, -0.1) is 0 Å². The van der Waals surface area contributed by atoms with Crippen molar-refractivity contribution in [1.82, 2.24) is 14.6 Å². The van der Waals surface area contributed by atoms with Gasteiger partial charge in [0.2, 0.25) is 15.9 Å². The molecule has 1 saturated heterocycles. The molecule has 1 fully saturated rings. The van der Waals surface area contributed by atoms with Crippen molar-refractivity contribution in [3.8, 4) is 11.5 Å². The normalized spacial score (nSPS) is 15.5. The van der Waals surface area contributed by atoms with E-state index >= 15 is 0 Å². The summed E-state index contributed by atoms with van der Waals surface area (Å²) in [6.45, 7) is -2.45. The minimum Gasteiger partial charge on any atom is -0.493 e. The lowest BCUT2D eigenvalue weighted by Crippen LogP contribution is -2.42. The minimum atomic E-state index is -3.79. The van der Waals surface area contributed by atoms with Crippen molar-refractivity contribution in [2.24, 2.45) is 5.92 Å². The van der Waals surface area contributed by atoms with Gasteiger partial charge in [-0.2, -0.15) is 13.1 Å². The van der Waals surface area contributed by atoms with Crippen molar-refractivity contribution in [3.63, 3.8) is 0 Å². The number of hydrogen-bond donors (Lipinski definition) is 1. The van der Waals surface area contributed by atoms with Crippen molar-refractivity contribution < 1.29 is 31.5 Å². The van der Waals surface area contributed by atoms with Gasteiger partial charge in [0, 0.05) is 31.7 Å². The number of pyridine rings is 1. The lowest BCUT2D eigenvalue weighted by molar-refractivity contribution is -0.126. The van der Waals surface area contributed by atoms with Gasteiger partial charge in [-0.1, -0.05) is 17.7 Å². The van der Waals surface area contributed by atoms with Crippen molar-refractivity contribution >= 4 is 27.5 Å². The fourth-order valence-electron chi connectivity index (χ4n) is 3.41. The second kappa shape index (κ2) is 10.4. The standard InChI is InChI=1S/C20H22ClF2N3O5S/c1-30-16-11-13(4-5-15(16)31-20(22)23)12-25-19(27)14-6-9-26(10-7-14)32(28,29)17-3-2-8-24-18(17)21/h2-5,8,11,14,20H,6-7,9-10,12H2,1H3,(H,25,27). The van der Waals surface area contributed by atoms with E-state index < -0.39 is 16.6 Å². The Morgan fingerprint density at radius 1 is 1.28 bits per heavy atom. The molecular weight excluding hydrogens is 468 g/mol. The number of hydrogen-bond acceptors (Lipinski definition) is 6. The second-order valence-electron chi connectivity index (χ2n) is 7.05. The average molecular weight is 490 g/mol. The first-order valence-corrected chi connectivity index (χ1v) is 11.5. The quantitative estimate of drug-likeness (QED) is 0.572. The smallest absolute Gasteiger partial charge is 0.387 e. The lowest BCUT2D eigenvalue weighted by Gasteiger charge is -2.30. The maximum atomic E-state index is 12.8. The first-order chi connectivity index (χ1) is 15.2. The zero-order chi connectivity index (χ0) is 23.3. The van der Waals surface area contributed by atoms with Gasteiger partial charge in [0.05, 0.1) is 7.11 Å². The number of aromatic nitrogens is 1. The molecule has 12 heteroatoms. The van der Waals surface area contributed by atoms with E-state index in [2.05, 4.69) is 15.0 Å². The summed E-state index contributed by atoms with van der Waals surface area (Å²) in [5, 5.41) is 2.70. The highest BCUT2D eigenvalue weighted by atomic mass is 35.5. The van der Waals surface area contributed by atoms with E-state index in [-0.39, 0.29) is 53.0 Å². The molecule has 1 N–H and O–H groups in total. The molecule has 1 aliphatic rings. The Kier molecular flexibility index (Phi) is 7.86. The summed E-state index contributed by atoms with van der Waals surface area (Å²) in [5.41, 5.74) is 0.642. The summed E-state index contributed by atoms with van der Waals surface area (Å²) < 4.78 is 61.1. The van der Waals surface area contributed by atoms with Crippen LogP contribution in [-0.2, 0) is 21.4 Å². The van der Waals surface area contributed by atoms with Gasteiger partial charge in [0.15, 0.2) is 11.5 Å². The highest BCUT2D eigenvalue weighted by Crippen LogP contribution is 2.30. The maximum absolute atomic E-state index is 12.8. The van der Waals surface area contributed by atoms with Gasteiger partial charge >= 0.3 is 6.61 Å². The first kappa shape index (κ1) is 24.1. The van der Waals surface area contributed by atoms with Crippen LogP contribution < -0.4 is 14.8 Å². The molecule has 0 atom stereocenters. The molecule has 0 unspecified atom stereocenters. The number of nitrogens with one attached hydrogen (secondary N) is 1. The molecular formula is C20H22ClF2N3O5S. The Labute approximate surface area is 189 Å². The first-order valence-electron chi connectivity index (χ1n) is 9.72. The van der Waals surface area contributed by atoms with Gasteiger partial charge in [-0.05, 0) is 42.7 Å². The summed E-state index contributed by atoms with van der Waals surface area (Å²) in [6.07, 6.45) is 2.12. The topological polar surface area (TPSA) is 97.8 Å². The van der Waals surface area contributed by atoms with Crippen LogP contribution in [-0.4, -0.2) is 50.4 Å². The zero-order valence-electron chi connectivity index (χ0n) is 17.1. The fourth-order valence-corrected chi connectivity index (χ4v) is 5.31. The van der Waals surface area contributed by atoms with Crippen LogP contribution in [0.3, 0.4) is 0 Å². The van der Waals surface area contributed by atoms with Crippen LogP contribution in [0.1, 0.15) is 18.4 Å². The number of sulfonamides is 1. The number of alkyl halides is 2. The molecule has 0 aliphatic carbocycles. The minimum absolute atomic E-state index is 0.0576. The van der Waals surface area contributed by atoms with Crippen LogP contribution in [0.4, 0.5) is 8.78 Å². The molecule has 32 heavy (non-hydrogen) atoms. The third-order valence-electron chi connectivity index (χ3n) is 5.08. The van der Waals surface area contributed by atoms with Crippen LogP contribution in [0, 0.1) is 5.92 Å². The zero-order valence-corrected chi connectivity index (χ0v) is 18.7. The Bertz CT molecular complexity index is 1060. The molecule has 1 aromatic carbocycles. The number of methoxy groups -OCH3 is 1. The van der Waals surface area contributed by atoms with Crippen molar-refractivity contribution in [1.29, 1.82) is 0 Å². The molecule has 8 nitrogen and oxygen atoms in total. The molecule has 1 aliphatic heterocycles. The summed E-state index contributed by atoms with van der Waals surface area (Å²) >= 11 is 5.93. The lowest BCUT2D eigenvalue weighted by atomic mass is 9.97. The average Bonchev–Trinajstić information content (AvgIpc) is 2.78. The molecule has 0 spiro atoms. The van der Waals surface area contributed by atoms with E-state index in [9.17, 15) is 22.0 Å². The Hall–Kier alpha value is -2.50. The molecule has 0 saturated carbocycles. The summed E-state index contributed by atoms with van der Waals surface area (Å²) in [4.78, 5) is 16.3. The van der Waals surface area contributed by atoms with Gasteiger partial charge < -0.3 is 14.8 Å². The highest BCUT2D eigenvalue weighted by molar-refractivity contribution is 7.89. The van der Waals surface area contributed by atoms with E-state index in [0.717, 1.165) is 0 Å². The van der Waals surface area contributed by atoms with Gasteiger partial charge in [0.1, 0.15) is 10.0 Å². The van der Waals surface area contributed by atoms with Crippen LogP contribution in [0.25, 0.3) is 0 Å². The number of nitrogens with zero attached hydrogens (tertiary/aromatic N) is 2. The molecule has 0 radical (unpaired) electrons. The fraction of sp³-hybridized carbons (Fsp3) is 0.400. The van der Waals surface area contributed by atoms with Crippen LogP contribution in [0.15, 0.2) is 41.4 Å².